The second-order valence-electron chi connectivity index (χ2n) is 10.3. The van der Waals surface area contributed by atoms with Gasteiger partial charge < -0.3 is 25.0 Å². The average Bonchev–Trinajstić information content (AvgIpc) is 3.09. The predicted molar refractivity (Wildman–Crippen MR) is 132 cm³/mol. The topological polar surface area (TPSA) is 122 Å². The largest absolute Gasteiger partial charge is 0.514 e. The molecule has 0 bridgehead atoms. The normalized spacial score (nSPS) is 38.5. The molecule has 2 aliphatic heterocycles. The van der Waals surface area contributed by atoms with Crippen molar-refractivity contribution in [2.24, 2.45) is 23.7 Å². The number of phenols is 1. The van der Waals surface area contributed by atoms with E-state index in [4.69, 9.17) is 9.47 Å². The van der Waals surface area contributed by atoms with Gasteiger partial charge in [0.25, 0.3) is 5.91 Å². The van der Waals surface area contributed by atoms with Crippen LogP contribution in [0.3, 0.4) is 0 Å². The second kappa shape index (κ2) is 9.58. The third-order valence-corrected chi connectivity index (χ3v) is 7.78. The number of amides is 1. The molecule has 7 atom stereocenters. The fourth-order valence-corrected chi connectivity index (χ4v) is 5.70. The van der Waals surface area contributed by atoms with Gasteiger partial charge in [-0.05, 0) is 56.4 Å². The number of carbonyl (C=O) groups is 3. The zero-order valence-corrected chi connectivity index (χ0v) is 20.9. The van der Waals surface area contributed by atoms with Crippen molar-refractivity contribution < 1.29 is 34.1 Å². The summed E-state index contributed by atoms with van der Waals surface area (Å²) in [6, 6.07) is 6.46. The first kappa shape index (κ1) is 25.7. The van der Waals surface area contributed by atoms with Gasteiger partial charge in [-0.3, -0.25) is 9.59 Å². The number of ketones is 1. The molecule has 36 heavy (non-hydrogen) atoms. The van der Waals surface area contributed by atoms with E-state index in [2.05, 4.69) is 5.32 Å². The second-order valence-corrected chi connectivity index (χ2v) is 10.3. The fraction of sp³-hybridized carbons (Fsp3) is 0.464. The van der Waals surface area contributed by atoms with Crippen LogP contribution in [-0.2, 0) is 25.5 Å². The van der Waals surface area contributed by atoms with Crippen molar-refractivity contribution in [1.29, 1.82) is 0 Å². The maximum atomic E-state index is 13.7. The smallest absolute Gasteiger partial charge is 0.508 e. The Labute approximate surface area is 210 Å². The SMILES string of the molecule is CC1=C[C@H]2/C=C\C[C@H](C)C(=O)[C@](C)(O)/C=C\OC(=O)O[C@@]23C(=O)N[C@@H](Cc2ccc(O)cc2)[C@@H]3[C@H]1C. The van der Waals surface area contributed by atoms with Gasteiger partial charge >= 0.3 is 6.16 Å². The summed E-state index contributed by atoms with van der Waals surface area (Å²) in [5.74, 6) is -2.24. The van der Waals surface area contributed by atoms with Crippen molar-refractivity contribution in [2.75, 3.05) is 0 Å². The minimum absolute atomic E-state index is 0.0871. The Balaban J connectivity index is 1.76. The van der Waals surface area contributed by atoms with Crippen LogP contribution in [0, 0.1) is 23.7 Å². The van der Waals surface area contributed by atoms with Crippen LogP contribution in [0.25, 0.3) is 0 Å². The molecule has 1 spiro atoms. The Morgan fingerprint density at radius 2 is 1.83 bits per heavy atom. The van der Waals surface area contributed by atoms with Crippen molar-refractivity contribution in [1.82, 2.24) is 5.32 Å². The third-order valence-electron chi connectivity index (χ3n) is 7.78. The highest BCUT2D eigenvalue weighted by Crippen LogP contribution is 2.50. The number of phenolic OH excluding ortho intramolecular Hbond substituents is 1. The Morgan fingerprint density at radius 3 is 2.53 bits per heavy atom. The van der Waals surface area contributed by atoms with E-state index in [0.717, 1.165) is 23.5 Å². The van der Waals surface area contributed by atoms with E-state index in [1.165, 1.54) is 6.92 Å². The zero-order chi connectivity index (χ0) is 26.3. The van der Waals surface area contributed by atoms with Crippen LogP contribution >= 0.6 is 0 Å². The highest BCUT2D eigenvalue weighted by molar-refractivity contribution is 5.92. The van der Waals surface area contributed by atoms with Crippen molar-refractivity contribution in [3.63, 3.8) is 0 Å². The lowest BCUT2D eigenvalue weighted by molar-refractivity contribution is -0.147. The van der Waals surface area contributed by atoms with Crippen molar-refractivity contribution in [3.8, 4) is 5.75 Å². The van der Waals surface area contributed by atoms with E-state index in [1.54, 1.807) is 37.3 Å². The van der Waals surface area contributed by atoms with Crippen LogP contribution < -0.4 is 5.32 Å². The standard InChI is InChI=1S/C28H33NO7/c1-16-6-5-7-20-14-17(2)18(3)23-22(15-19-8-10-21(30)11-9-19)29-25(32)28(20,23)36-26(33)35-13-12-27(4,34)24(16)31/h5,7-14,16,18,20,22-23,30,34H,6,15H2,1-4H3,(H,29,32)/b7-5-,13-12-/t16-,18-,20+,22-,23-,27+,28-/m0/s1. The van der Waals surface area contributed by atoms with Gasteiger partial charge in [0.05, 0.1) is 6.26 Å². The number of carbonyl (C=O) groups excluding carboxylic acids is 3. The molecule has 2 heterocycles. The molecule has 1 aromatic rings. The number of allylic oxidation sites excluding steroid dienone is 2. The number of benzene rings is 1. The lowest BCUT2D eigenvalue weighted by atomic mass is 9.63. The molecule has 4 rings (SSSR count). The minimum atomic E-state index is -1.82. The first-order chi connectivity index (χ1) is 17.0. The number of cyclic esters (lactones) is 1. The molecule has 192 valence electrons. The zero-order valence-electron chi connectivity index (χ0n) is 20.9. The summed E-state index contributed by atoms with van der Waals surface area (Å²) in [5, 5.41) is 23.2. The summed E-state index contributed by atoms with van der Waals surface area (Å²) in [5.41, 5.74) is -1.39. The van der Waals surface area contributed by atoms with Crippen molar-refractivity contribution >= 4 is 17.8 Å². The maximum Gasteiger partial charge on any atom is 0.514 e. The monoisotopic (exact) mass is 495 g/mol. The van der Waals surface area contributed by atoms with Crippen LogP contribution in [0.15, 0.2) is 60.4 Å². The molecule has 8 nitrogen and oxygen atoms in total. The quantitative estimate of drug-likeness (QED) is 0.423. The van der Waals surface area contributed by atoms with E-state index in [9.17, 15) is 24.6 Å². The summed E-state index contributed by atoms with van der Waals surface area (Å²) in [7, 11) is 0. The van der Waals surface area contributed by atoms with Gasteiger partial charge in [-0.25, -0.2) is 4.79 Å². The van der Waals surface area contributed by atoms with E-state index in [-0.39, 0.29) is 17.7 Å². The number of rotatable bonds is 2. The van der Waals surface area contributed by atoms with E-state index < -0.39 is 46.8 Å². The summed E-state index contributed by atoms with van der Waals surface area (Å²) in [6.07, 6.45) is 7.33. The van der Waals surface area contributed by atoms with E-state index >= 15 is 0 Å². The van der Waals surface area contributed by atoms with E-state index in [0.29, 0.717) is 12.8 Å². The molecule has 0 radical (unpaired) electrons. The molecule has 1 aliphatic carbocycles. The van der Waals surface area contributed by atoms with Crippen LogP contribution in [0.1, 0.15) is 39.7 Å². The minimum Gasteiger partial charge on any atom is -0.508 e. The lowest BCUT2D eigenvalue weighted by Crippen LogP contribution is -2.56. The van der Waals surface area contributed by atoms with E-state index in [1.807, 2.05) is 26.0 Å². The summed E-state index contributed by atoms with van der Waals surface area (Å²) < 4.78 is 11.0. The number of nitrogens with one attached hydrogen (secondary N) is 1. The van der Waals surface area contributed by atoms with Gasteiger partial charge in [0.15, 0.2) is 5.78 Å². The molecule has 1 aromatic carbocycles. The number of aliphatic hydroxyl groups is 1. The fourth-order valence-electron chi connectivity index (χ4n) is 5.70. The molecule has 1 fully saturated rings. The molecule has 1 amide bonds. The predicted octanol–water partition coefficient (Wildman–Crippen LogP) is 3.58. The Bertz CT molecular complexity index is 1130. The molecular formula is C28H33NO7. The van der Waals surface area contributed by atoms with Gasteiger partial charge in [0.2, 0.25) is 5.60 Å². The third kappa shape index (κ3) is 4.57. The van der Waals surface area contributed by atoms with Gasteiger partial charge in [0, 0.05) is 23.8 Å². The van der Waals surface area contributed by atoms with Crippen LogP contribution in [0.2, 0.25) is 0 Å². The summed E-state index contributed by atoms with van der Waals surface area (Å²) >= 11 is 0. The van der Waals surface area contributed by atoms with Crippen LogP contribution in [-0.4, -0.2) is 45.3 Å². The number of hydrogen-bond acceptors (Lipinski definition) is 7. The average molecular weight is 496 g/mol. The molecule has 8 heteroatoms. The molecule has 3 N–H and O–H groups in total. The maximum absolute atomic E-state index is 13.7. The Kier molecular flexibility index (Phi) is 6.84. The van der Waals surface area contributed by atoms with Gasteiger partial charge in [-0.1, -0.05) is 49.8 Å². The molecule has 3 aliphatic rings. The van der Waals surface area contributed by atoms with Crippen molar-refractivity contribution in [3.05, 3.63) is 66.0 Å². The highest BCUT2D eigenvalue weighted by atomic mass is 16.7. The number of Topliss-reactive ketones (excluding diaryl/α,β-unsaturated/α-hetero) is 1. The van der Waals surface area contributed by atoms with Crippen LogP contribution in [0.5, 0.6) is 5.75 Å². The first-order valence-electron chi connectivity index (χ1n) is 12.2. The van der Waals surface area contributed by atoms with Gasteiger partial charge in [-0.2, -0.15) is 0 Å². The van der Waals surface area contributed by atoms with Crippen LogP contribution in [0.4, 0.5) is 4.79 Å². The first-order valence-corrected chi connectivity index (χ1v) is 12.2. The lowest BCUT2D eigenvalue weighted by Gasteiger charge is -2.44. The molecule has 0 unspecified atom stereocenters. The van der Waals surface area contributed by atoms with Crippen molar-refractivity contribution in [2.45, 2.75) is 57.8 Å². The summed E-state index contributed by atoms with van der Waals surface area (Å²) in [6.45, 7) is 7.06. The molecular weight excluding hydrogens is 462 g/mol. The Morgan fingerprint density at radius 1 is 1.14 bits per heavy atom. The van der Waals surface area contributed by atoms with Gasteiger partial charge in [0.1, 0.15) is 11.4 Å². The summed E-state index contributed by atoms with van der Waals surface area (Å²) in [4.78, 5) is 39.2. The van der Waals surface area contributed by atoms with Gasteiger partial charge in [-0.15, -0.1) is 0 Å². The Hall–Kier alpha value is -3.39. The molecule has 0 saturated carbocycles. The number of hydrogen-bond donors (Lipinski definition) is 3. The highest BCUT2D eigenvalue weighted by Gasteiger charge is 2.64. The molecule has 1 saturated heterocycles. The number of aromatic hydroxyl groups is 1. The molecule has 0 aromatic heterocycles. The number of ether oxygens (including phenoxy) is 2.